The molecule has 1 amide bonds. The Morgan fingerprint density at radius 2 is 2.29 bits per heavy atom. The smallest absolute Gasteiger partial charge is 0.271 e. The number of carbonyl (C=O) groups is 1. The van der Waals surface area contributed by atoms with Gasteiger partial charge < -0.3 is 10.7 Å². The lowest BCUT2D eigenvalue weighted by Crippen LogP contribution is -2.28. The van der Waals surface area contributed by atoms with E-state index in [0.717, 1.165) is 12.3 Å². The van der Waals surface area contributed by atoms with Crippen molar-refractivity contribution in [3.8, 4) is 0 Å². The lowest BCUT2D eigenvalue weighted by atomic mass is 9.83. The fourth-order valence-corrected chi connectivity index (χ4v) is 1.81. The molecule has 17 heavy (non-hydrogen) atoms. The van der Waals surface area contributed by atoms with E-state index in [2.05, 4.69) is 20.7 Å². The van der Waals surface area contributed by atoms with Crippen LogP contribution in [0.2, 0.25) is 0 Å². The maximum atomic E-state index is 11.7. The van der Waals surface area contributed by atoms with Crippen LogP contribution in [0.15, 0.2) is 12.4 Å². The van der Waals surface area contributed by atoms with E-state index in [4.69, 9.17) is 5.84 Å². The molecule has 1 fully saturated rings. The second-order valence-electron chi connectivity index (χ2n) is 4.28. The quantitative estimate of drug-likeness (QED) is 0.515. The van der Waals surface area contributed by atoms with Crippen LogP contribution >= 0.6 is 0 Å². The van der Waals surface area contributed by atoms with Crippen LogP contribution in [-0.2, 0) is 0 Å². The molecule has 0 spiro atoms. The summed E-state index contributed by atoms with van der Waals surface area (Å²) in [6.45, 7) is 0.700. The standard InChI is InChI=1S/C11H17N5O/c12-16-10-7-13-6-9(15-10)11(17)14-5-4-8-2-1-3-8/h6-8H,1-5,12H2,(H,14,17)(H,15,16). The molecule has 0 saturated heterocycles. The van der Waals surface area contributed by atoms with Crippen LogP contribution in [0.3, 0.4) is 0 Å². The highest BCUT2D eigenvalue weighted by Gasteiger charge is 2.17. The maximum Gasteiger partial charge on any atom is 0.271 e. The summed E-state index contributed by atoms with van der Waals surface area (Å²) in [6, 6.07) is 0. The van der Waals surface area contributed by atoms with Crippen LogP contribution in [0.25, 0.3) is 0 Å². The summed E-state index contributed by atoms with van der Waals surface area (Å²) in [7, 11) is 0. The number of anilines is 1. The molecule has 0 bridgehead atoms. The number of nitrogens with zero attached hydrogens (tertiary/aromatic N) is 2. The molecule has 6 nitrogen and oxygen atoms in total. The summed E-state index contributed by atoms with van der Waals surface area (Å²) in [5, 5.41) is 2.84. The Bertz CT molecular complexity index is 391. The van der Waals surface area contributed by atoms with Crippen molar-refractivity contribution in [2.24, 2.45) is 11.8 Å². The second kappa shape index (κ2) is 5.58. The number of rotatable bonds is 5. The normalized spacial score (nSPS) is 15.1. The van der Waals surface area contributed by atoms with Gasteiger partial charge in [0.25, 0.3) is 5.91 Å². The van der Waals surface area contributed by atoms with Crippen molar-refractivity contribution in [1.29, 1.82) is 0 Å². The average Bonchev–Trinajstić information content (AvgIpc) is 2.32. The van der Waals surface area contributed by atoms with Gasteiger partial charge >= 0.3 is 0 Å². The lowest BCUT2D eigenvalue weighted by molar-refractivity contribution is 0.0943. The first-order chi connectivity index (χ1) is 8.29. The van der Waals surface area contributed by atoms with Crippen molar-refractivity contribution in [2.45, 2.75) is 25.7 Å². The van der Waals surface area contributed by atoms with Crippen LogP contribution < -0.4 is 16.6 Å². The number of hydrogen-bond donors (Lipinski definition) is 3. The van der Waals surface area contributed by atoms with E-state index in [1.807, 2.05) is 0 Å². The number of nitrogen functional groups attached to an aromatic ring is 1. The maximum absolute atomic E-state index is 11.7. The first-order valence-electron chi connectivity index (χ1n) is 5.86. The molecule has 2 rings (SSSR count). The van der Waals surface area contributed by atoms with Gasteiger partial charge in [0.15, 0.2) is 5.82 Å². The second-order valence-corrected chi connectivity index (χ2v) is 4.28. The molecule has 0 aliphatic heterocycles. The minimum Gasteiger partial charge on any atom is -0.351 e. The third kappa shape index (κ3) is 3.13. The molecule has 4 N–H and O–H groups in total. The predicted octanol–water partition coefficient (Wildman–Crippen LogP) is 0.682. The molecule has 6 heteroatoms. The molecule has 0 unspecified atom stereocenters. The van der Waals surface area contributed by atoms with Gasteiger partial charge in [-0.05, 0) is 12.3 Å². The van der Waals surface area contributed by atoms with Gasteiger partial charge in [-0.25, -0.2) is 10.8 Å². The first kappa shape index (κ1) is 11.8. The zero-order chi connectivity index (χ0) is 12.1. The van der Waals surface area contributed by atoms with E-state index in [1.54, 1.807) is 0 Å². The summed E-state index contributed by atoms with van der Waals surface area (Å²) in [5.74, 6) is 6.18. The van der Waals surface area contributed by atoms with Crippen LogP contribution in [0.5, 0.6) is 0 Å². The molecule has 1 aromatic heterocycles. The Balaban J connectivity index is 1.81. The number of hydrazine groups is 1. The Labute approximate surface area is 100.0 Å². The van der Waals surface area contributed by atoms with Crippen LogP contribution in [0.1, 0.15) is 36.2 Å². The summed E-state index contributed by atoms with van der Waals surface area (Å²) >= 11 is 0. The minimum absolute atomic E-state index is 0.200. The zero-order valence-electron chi connectivity index (χ0n) is 9.65. The van der Waals surface area contributed by atoms with Gasteiger partial charge in [-0.3, -0.25) is 9.78 Å². The molecule has 0 radical (unpaired) electrons. The number of carbonyl (C=O) groups excluding carboxylic acids is 1. The average molecular weight is 235 g/mol. The zero-order valence-corrected chi connectivity index (χ0v) is 9.65. The highest BCUT2D eigenvalue weighted by Crippen LogP contribution is 2.28. The minimum atomic E-state index is -0.200. The molecule has 0 atom stereocenters. The van der Waals surface area contributed by atoms with Crippen LogP contribution in [0.4, 0.5) is 5.82 Å². The van der Waals surface area contributed by atoms with Crippen LogP contribution in [-0.4, -0.2) is 22.4 Å². The molecule has 0 aromatic carbocycles. The molecule has 1 aliphatic rings. The third-order valence-corrected chi connectivity index (χ3v) is 3.08. The SMILES string of the molecule is NNc1cncc(C(=O)NCCC2CCC2)n1. The monoisotopic (exact) mass is 235 g/mol. The fourth-order valence-electron chi connectivity index (χ4n) is 1.81. The fraction of sp³-hybridized carbons (Fsp3) is 0.545. The van der Waals surface area contributed by atoms with E-state index < -0.39 is 0 Å². The van der Waals surface area contributed by atoms with Gasteiger partial charge in [0.1, 0.15) is 5.69 Å². The van der Waals surface area contributed by atoms with Crippen molar-refractivity contribution >= 4 is 11.7 Å². The Morgan fingerprint density at radius 1 is 1.47 bits per heavy atom. The van der Waals surface area contributed by atoms with Gasteiger partial charge in [0.2, 0.25) is 0 Å². The third-order valence-electron chi connectivity index (χ3n) is 3.08. The largest absolute Gasteiger partial charge is 0.351 e. The van der Waals surface area contributed by atoms with E-state index in [0.29, 0.717) is 12.4 Å². The Morgan fingerprint density at radius 3 is 2.94 bits per heavy atom. The molecular weight excluding hydrogens is 218 g/mol. The molecule has 1 heterocycles. The number of amides is 1. The highest BCUT2D eigenvalue weighted by atomic mass is 16.1. The first-order valence-corrected chi connectivity index (χ1v) is 5.86. The van der Waals surface area contributed by atoms with Crippen molar-refractivity contribution in [3.05, 3.63) is 18.1 Å². The Kier molecular flexibility index (Phi) is 3.87. The molecular formula is C11H17N5O. The van der Waals surface area contributed by atoms with Crippen molar-refractivity contribution < 1.29 is 4.79 Å². The molecule has 1 aromatic rings. The summed E-state index contributed by atoms with van der Waals surface area (Å²) in [6.07, 6.45) is 7.86. The lowest BCUT2D eigenvalue weighted by Gasteiger charge is -2.25. The van der Waals surface area contributed by atoms with Gasteiger partial charge in [0, 0.05) is 6.54 Å². The van der Waals surface area contributed by atoms with Crippen molar-refractivity contribution in [3.63, 3.8) is 0 Å². The predicted molar refractivity (Wildman–Crippen MR) is 64.1 cm³/mol. The van der Waals surface area contributed by atoms with Crippen molar-refractivity contribution in [2.75, 3.05) is 12.0 Å². The Hall–Kier alpha value is -1.69. The molecule has 1 saturated carbocycles. The number of aromatic nitrogens is 2. The van der Waals surface area contributed by atoms with E-state index in [1.165, 1.54) is 31.7 Å². The van der Waals surface area contributed by atoms with Gasteiger partial charge in [-0.1, -0.05) is 19.3 Å². The number of nitrogens with one attached hydrogen (secondary N) is 2. The van der Waals surface area contributed by atoms with Crippen LogP contribution in [0, 0.1) is 5.92 Å². The number of nitrogens with two attached hydrogens (primary N) is 1. The summed E-state index contributed by atoms with van der Waals surface area (Å²) < 4.78 is 0. The van der Waals surface area contributed by atoms with E-state index in [9.17, 15) is 4.79 Å². The molecule has 92 valence electrons. The van der Waals surface area contributed by atoms with E-state index >= 15 is 0 Å². The topological polar surface area (TPSA) is 92.9 Å². The summed E-state index contributed by atoms with van der Waals surface area (Å²) in [5.41, 5.74) is 2.65. The summed E-state index contributed by atoms with van der Waals surface area (Å²) in [4.78, 5) is 19.6. The van der Waals surface area contributed by atoms with Gasteiger partial charge in [0.05, 0.1) is 12.4 Å². The van der Waals surface area contributed by atoms with Gasteiger partial charge in [-0.15, -0.1) is 0 Å². The van der Waals surface area contributed by atoms with Crippen molar-refractivity contribution in [1.82, 2.24) is 15.3 Å². The molecule has 1 aliphatic carbocycles. The number of hydrogen-bond acceptors (Lipinski definition) is 5. The van der Waals surface area contributed by atoms with E-state index in [-0.39, 0.29) is 11.6 Å². The van der Waals surface area contributed by atoms with Gasteiger partial charge in [-0.2, -0.15) is 0 Å². The highest BCUT2D eigenvalue weighted by molar-refractivity contribution is 5.92.